The summed E-state index contributed by atoms with van der Waals surface area (Å²) in [5.74, 6) is -4.72. The van der Waals surface area contributed by atoms with Crippen molar-refractivity contribution >= 4 is 52.2 Å². The van der Waals surface area contributed by atoms with Crippen molar-refractivity contribution in [2.75, 3.05) is 21.1 Å². The number of hydrogen-bond acceptors (Lipinski definition) is 9. The lowest BCUT2D eigenvalue weighted by Gasteiger charge is -2.36. The highest BCUT2D eigenvalue weighted by molar-refractivity contribution is 5.98. The molecule has 6 amide bonds. The first kappa shape index (κ1) is 57.8. The van der Waals surface area contributed by atoms with Crippen LogP contribution in [0, 0.1) is 35.0 Å². The molecule has 15 nitrogen and oxygen atoms in total. The van der Waals surface area contributed by atoms with Crippen molar-refractivity contribution < 1.29 is 38.3 Å². The molecule has 0 saturated carbocycles. The molecule has 1 aliphatic rings. The van der Waals surface area contributed by atoms with Gasteiger partial charge in [-0.25, -0.2) is 4.79 Å². The van der Waals surface area contributed by atoms with Gasteiger partial charge < -0.3 is 35.4 Å². The molecular weight excluding hydrogens is 875 g/mol. The van der Waals surface area contributed by atoms with Crippen LogP contribution in [0.2, 0.25) is 0 Å². The first-order valence-corrected chi connectivity index (χ1v) is 25.4. The van der Waals surface area contributed by atoms with Crippen LogP contribution >= 0.6 is 0 Å². The molecule has 9 atom stereocenters. The molecule has 1 fully saturated rings. The van der Waals surface area contributed by atoms with Crippen molar-refractivity contribution in [3.63, 3.8) is 0 Å². The third-order valence-corrected chi connectivity index (χ3v) is 13.4. The molecule has 0 bridgehead atoms. The number of esters is 1. The summed E-state index contributed by atoms with van der Waals surface area (Å²) < 4.78 is 5.82. The van der Waals surface area contributed by atoms with E-state index in [9.17, 15) is 34.0 Å². The lowest BCUT2D eigenvalue weighted by atomic mass is 9.94. The van der Waals surface area contributed by atoms with Crippen LogP contribution < -0.4 is 16.0 Å². The molecule has 0 aliphatic carbocycles. The third-order valence-electron chi connectivity index (χ3n) is 13.4. The van der Waals surface area contributed by atoms with E-state index in [-0.39, 0.29) is 68.6 Å². The van der Waals surface area contributed by atoms with Crippen molar-refractivity contribution in [2.24, 2.45) is 23.7 Å². The molecule has 1 saturated heterocycles. The van der Waals surface area contributed by atoms with Crippen LogP contribution in [-0.2, 0) is 44.7 Å². The fraction of sp³-hybridized carbons (Fsp3) is 0.667. The highest BCUT2D eigenvalue weighted by Crippen LogP contribution is 2.24. The molecule has 0 spiro atoms. The van der Waals surface area contributed by atoms with E-state index in [1.54, 1.807) is 0 Å². The summed E-state index contributed by atoms with van der Waals surface area (Å²) in [6, 6.07) is 8.81. The van der Waals surface area contributed by atoms with Gasteiger partial charge >= 0.3 is 5.97 Å². The first-order chi connectivity index (χ1) is 32.6. The lowest BCUT2D eigenvalue weighted by Crippen LogP contribution is -2.60. The topological polar surface area (TPSA) is 198 Å². The number of likely N-dealkylation sites (N-methyl/N-ethyl adjacent to an activating group) is 3. The minimum Gasteiger partial charge on any atom is -0.451 e. The number of carbonyl (C=O) groups is 7. The summed E-state index contributed by atoms with van der Waals surface area (Å²) in [7, 11) is 4.47. The zero-order chi connectivity index (χ0) is 51.5. The average Bonchev–Trinajstić information content (AvgIpc) is 3.31. The molecule has 382 valence electrons. The van der Waals surface area contributed by atoms with Gasteiger partial charge in [-0.15, -0.1) is 0 Å². The molecule has 0 aromatic heterocycles. The predicted octanol–water partition coefficient (Wildman–Crippen LogP) is 7.09. The average molecular weight is 958 g/mol. The van der Waals surface area contributed by atoms with Crippen LogP contribution in [-0.4, -0.2) is 120 Å². The maximum absolute atomic E-state index is 15.0. The van der Waals surface area contributed by atoms with Crippen molar-refractivity contribution in [2.45, 2.75) is 188 Å². The van der Waals surface area contributed by atoms with Crippen LogP contribution in [0.25, 0.3) is 10.8 Å². The SMILES string of the molecule is CCCC[C@@H](C)C[C@@H]1NC(=O)[C@H](Cc2ccc3ccccc3c2)N(C)C(=O)[C@H](CC(C)C)NC(=O)[C@H](CC(C)C)N(C)C(=O)[C@H](C[C@H](C)CCCC)NC(=O)[C@@H](CCC#N)OC(=O)[C@H](C)N(C)C1=O. The van der Waals surface area contributed by atoms with E-state index >= 15 is 4.79 Å². The molecule has 3 N–H and O–H groups in total. The van der Waals surface area contributed by atoms with Crippen LogP contribution in [0.15, 0.2) is 42.5 Å². The predicted molar refractivity (Wildman–Crippen MR) is 269 cm³/mol. The van der Waals surface area contributed by atoms with Crippen molar-refractivity contribution in [1.82, 2.24) is 30.7 Å². The molecule has 1 heterocycles. The van der Waals surface area contributed by atoms with Gasteiger partial charge in [0.15, 0.2) is 6.10 Å². The van der Waals surface area contributed by atoms with Gasteiger partial charge in [0, 0.05) is 40.4 Å². The van der Waals surface area contributed by atoms with Crippen LogP contribution in [0.1, 0.15) is 145 Å². The normalized spacial score (nSPS) is 24.1. The number of amides is 6. The van der Waals surface area contributed by atoms with E-state index in [1.165, 1.54) is 42.8 Å². The van der Waals surface area contributed by atoms with E-state index in [0.717, 1.165) is 54.9 Å². The number of hydrogen-bond donors (Lipinski definition) is 3. The summed E-state index contributed by atoms with van der Waals surface area (Å²) in [5, 5.41) is 20.3. The van der Waals surface area contributed by atoms with Gasteiger partial charge in [-0.3, -0.25) is 28.8 Å². The van der Waals surface area contributed by atoms with Crippen LogP contribution in [0.3, 0.4) is 0 Å². The largest absolute Gasteiger partial charge is 0.451 e. The van der Waals surface area contributed by atoms with E-state index in [0.29, 0.717) is 0 Å². The zero-order valence-corrected chi connectivity index (χ0v) is 43.6. The fourth-order valence-corrected chi connectivity index (χ4v) is 9.04. The summed E-state index contributed by atoms with van der Waals surface area (Å²) in [6.45, 7) is 17.3. The number of nitrogens with one attached hydrogen (secondary N) is 3. The molecular formula is C54H83N7O8. The van der Waals surface area contributed by atoms with Gasteiger partial charge in [-0.05, 0) is 72.6 Å². The molecule has 3 rings (SSSR count). The Bertz CT molecular complexity index is 2090. The van der Waals surface area contributed by atoms with Gasteiger partial charge in [0.25, 0.3) is 5.91 Å². The van der Waals surface area contributed by atoms with Gasteiger partial charge in [-0.2, -0.15) is 5.26 Å². The van der Waals surface area contributed by atoms with Crippen molar-refractivity contribution in [1.29, 1.82) is 5.26 Å². The maximum Gasteiger partial charge on any atom is 0.329 e. The Hall–Kier alpha value is -5.52. The molecule has 0 radical (unpaired) electrons. The Balaban J connectivity index is 2.30. The fourth-order valence-electron chi connectivity index (χ4n) is 9.04. The maximum atomic E-state index is 15.0. The standard InChI is InChI=1S/C54H83N7O8/c1-13-15-20-36(7)30-43-51(65)59(10)38(9)54(68)69-47(24-19-27-55)50(64)58-44(31-37(8)21-16-14-2)53(67)60(11)45(29-35(5)6)48(62)56-42(28-34(3)4)52(66)61(12)46(49(63)57-43)33-39-25-26-40-22-17-18-23-41(40)32-39/h17-18,22-23,25-26,32,34-38,42-47H,13-16,19-21,24,28-31,33H2,1-12H3,(H,56,62)(H,57,63)(H,58,64)/t36-,37-,38+,42+,43+,44+,45+,46+,47-/m1/s1. The minimum absolute atomic E-state index is 0.0235. The van der Waals surface area contributed by atoms with E-state index < -0.39 is 83.8 Å². The second-order valence-electron chi connectivity index (χ2n) is 20.5. The number of carbonyl (C=O) groups excluding carboxylic acids is 7. The summed E-state index contributed by atoms with van der Waals surface area (Å²) in [6.07, 6.45) is 4.32. The number of ether oxygens (including phenoxy) is 1. The Morgan fingerprint density at radius 1 is 0.623 bits per heavy atom. The van der Waals surface area contributed by atoms with Gasteiger partial charge in [-0.1, -0.05) is 136 Å². The number of unbranched alkanes of at least 4 members (excludes halogenated alkanes) is 2. The molecule has 1 aliphatic heterocycles. The Morgan fingerprint density at radius 3 is 1.62 bits per heavy atom. The Morgan fingerprint density at radius 2 is 1.10 bits per heavy atom. The summed E-state index contributed by atoms with van der Waals surface area (Å²) in [5.41, 5.74) is 0.765. The summed E-state index contributed by atoms with van der Waals surface area (Å²) in [4.78, 5) is 106. The highest BCUT2D eigenvalue weighted by Gasteiger charge is 2.40. The number of nitriles is 1. The summed E-state index contributed by atoms with van der Waals surface area (Å²) >= 11 is 0. The van der Waals surface area contributed by atoms with Crippen molar-refractivity contribution in [3.05, 3.63) is 48.0 Å². The second-order valence-corrected chi connectivity index (χ2v) is 20.5. The number of cyclic esters (lactones) is 1. The molecule has 0 unspecified atom stereocenters. The number of rotatable bonds is 18. The van der Waals surface area contributed by atoms with Gasteiger partial charge in [0.1, 0.15) is 36.3 Å². The minimum atomic E-state index is -1.49. The Labute approximate surface area is 412 Å². The quantitative estimate of drug-likeness (QED) is 0.131. The van der Waals surface area contributed by atoms with E-state index in [1.807, 2.05) is 90.1 Å². The third kappa shape index (κ3) is 17.4. The first-order valence-electron chi connectivity index (χ1n) is 25.4. The van der Waals surface area contributed by atoms with Gasteiger partial charge in [0.05, 0.1) is 6.07 Å². The molecule has 15 heteroatoms. The molecule has 2 aromatic carbocycles. The lowest BCUT2D eigenvalue weighted by molar-refractivity contribution is -0.163. The monoisotopic (exact) mass is 958 g/mol. The van der Waals surface area contributed by atoms with Gasteiger partial charge in [0.2, 0.25) is 29.5 Å². The Kier molecular flexibility index (Phi) is 23.6. The van der Waals surface area contributed by atoms with Crippen LogP contribution in [0.5, 0.6) is 0 Å². The van der Waals surface area contributed by atoms with Crippen molar-refractivity contribution in [3.8, 4) is 6.07 Å². The number of nitrogens with zero attached hydrogens (tertiary/aromatic N) is 4. The number of fused-ring (bicyclic) bond motifs is 1. The highest BCUT2D eigenvalue weighted by atomic mass is 16.5. The zero-order valence-electron chi connectivity index (χ0n) is 43.6. The number of benzene rings is 2. The van der Waals surface area contributed by atoms with E-state index in [4.69, 9.17) is 4.74 Å². The molecule has 2 aromatic rings. The second kappa shape index (κ2) is 28.2. The molecule has 69 heavy (non-hydrogen) atoms. The van der Waals surface area contributed by atoms with E-state index in [2.05, 4.69) is 29.8 Å². The smallest absolute Gasteiger partial charge is 0.329 e. The van der Waals surface area contributed by atoms with Crippen LogP contribution in [0.4, 0.5) is 0 Å².